The van der Waals surface area contributed by atoms with E-state index < -0.39 is 18.5 Å². The predicted molar refractivity (Wildman–Crippen MR) is 137 cm³/mol. The van der Waals surface area contributed by atoms with E-state index in [1.165, 1.54) is 57.8 Å². The van der Waals surface area contributed by atoms with Crippen molar-refractivity contribution < 1.29 is 13.2 Å². The molecule has 34 heavy (non-hydrogen) atoms. The van der Waals surface area contributed by atoms with Gasteiger partial charge in [-0.15, -0.1) is 0 Å². The fourth-order valence-electron chi connectivity index (χ4n) is 8.84. The summed E-state index contributed by atoms with van der Waals surface area (Å²) in [6, 6.07) is 0. The van der Waals surface area contributed by atoms with Gasteiger partial charge in [0.2, 0.25) is 0 Å². The molecule has 198 valence electrons. The van der Waals surface area contributed by atoms with Crippen molar-refractivity contribution in [3.63, 3.8) is 0 Å². The van der Waals surface area contributed by atoms with Crippen LogP contribution < -0.4 is 0 Å². The summed E-state index contributed by atoms with van der Waals surface area (Å²) in [5.41, 5.74) is 0. The van der Waals surface area contributed by atoms with Crippen LogP contribution in [0.1, 0.15) is 129 Å². The molecule has 0 spiro atoms. The normalized spacial score (nSPS) is 46.3. The van der Waals surface area contributed by atoms with E-state index in [1.54, 1.807) is 0 Å². The molecule has 0 heterocycles. The van der Waals surface area contributed by atoms with E-state index in [0.717, 1.165) is 69.6 Å². The van der Waals surface area contributed by atoms with Gasteiger partial charge in [-0.1, -0.05) is 71.6 Å². The van der Waals surface area contributed by atoms with Gasteiger partial charge in [0.05, 0.1) is 0 Å². The minimum atomic E-state index is -1.23. The van der Waals surface area contributed by atoms with Gasteiger partial charge in [-0.25, -0.2) is 13.2 Å². The molecule has 0 N–H and O–H groups in total. The van der Waals surface area contributed by atoms with E-state index in [-0.39, 0.29) is 11.8 Å². The molecule has 4 saturated carbocycles. The average molecular weight is 483 g/mol. The largest absolute Gasteiger partial charge is 0.247 e. The maximum Gasteiger partial charge on any atom is 0.134 e. The van der Waals surface area contributed by atoms with Crippen molar-refractivity contribution >= 4 is 0 Å². The summed E-state index contributed by atoms with van der Waals surface area (Å²) in [7, 11) is 0. The summed E-state index contributed by atoms with van der Waals surface area (Å²) < 4.78 is 45.1. The second kappa shape index (κ2) is 12.8. The Balaban J connectivity index is 1.17. The van der Waals surface area contributed by atoms with E-state index in [1.807, 2.05) is 0 Å². The Bertz CT molecular complexity index is 577. The molecule has 3 heteroatoms. The first-order chi connectivity index (χ1) is 16.5. The Kier molecular flexibility index (Phi) is 10.1. The van der Waals surface area contributed by atoms with Gasteiger partial charge < -0.3 is 0 Å². The van der Waals surface area contributed by atoms with Gasteiger partial charge in [0.25, 0.3) is 0 Å². The fourth-order valence-corrected chi connectivity index (χ4v) is 8.84. The second-order valence-corrected chi connectivity index (χ2v) is 13.1. The summed E-state index contributed by atoms with van der Waals surface area (Å²) in [4.78, 5) is 0. The number of hydrogen-bond acceptors (Lipinski definition) is 0. The lowest BCUT2D eigenvalue weighted by Crippen LogP contribution is -2.45. The maximum atomic E-state index is 15.4. The lowest BCUT2D eigenvalue weighted by Gasteiger charge is -2.45. The highest BCUT2D eigenvalue weighted by Gasteiger charge is 2.46. The van der Waals surface area contributed by atoms with E-state index in [4.69, 9.17) is 0 Å². The minimum Gasteiger partial charge on any atom is -0.247 e. The third kappa shape index (κ3) is 6.56. The Morgan fingerprint density at radius 3 is 1.47 bits per heavy atom. The first-order valence-electron chi connectivity index (χ1n) is 15.4. The molecular weight excluding hydrogens is 429 g/mol. The molecule has 7 unspecified atom stereocenters. The van der Waals surface area contributed by atoms with Gasteiger partial charge >= 0.3 is 0 Å². The highest BCUT2D eigenvalue weighted by molar-refractivity contribution is 4.95. The van der Waals surface area contributed by atoms with Gasteiger partial charge in [-0.05, 0) is 105 Å². The Morgan fingerprint density at radius 1 is 0.529 bits per heavy atom. The van der Waals surface area contributed by atoms with Crippen LogP contribution >= 0.6 is 0 Å². The fraction of sp³-hybridized carbons (Fsp3) is 1.00. The van der Waals surface area contributed by atoms with Crippen molar-refractivity contribution in [1.82, 2.24) is 0 Å². The highest BCUT2D eigenvalue weighted by atomic mass is 19.2. The molecule has 0 aromatic heterocycles. The number of halogens is 3. The van der Waals surface area contributed by atoms with Crippen LogP contribution in [0.25, 0.3) is 0 Å². The smallest absolute Gasteiger partial charge is 0.134 e. The number of hydrogen-bond donors (Lipinski definition) is 0. The average Bonchev–Trinajstić information content (AvgIpc) is 2.86. The van der Waals surface area contributed by atoms with Crippen LogP contribution in [0.3, 0.4) is 0 Å². The zero-order valence-electron chi connectivity index (χ0n) is 22.2. The first kappa shape index (κ1) is 26.8. The quantitative estimate of drug-likeness (QED) is 0.323. The molecule has 7 atom stereocenters. The SMILES string of the molecule is CCCC1CCC(C2CCC(C3CCC(CCC4CCC(CC)C(F)C4)CC3)C(F)C2F)CC1. The van der Waals surface area contributed by atoms with E-state index in [9.17, 15) is 4.39 Å². The Labute approximate surface area is 208 Å². The van der Waals surface area contributed by atoms with Crippen molar-refractivity contribution in [2.75, 3.05) is 0 Å². The summed E-state index contributed by atoms with van der Waals surface area (Å²) in [5, 5.41) is 0. The molecule has 0 aromatic carbocycles. The third-order valence-corrected chi connectivity index (χ3v) is 11.2. The molecule has 4 rings (SSSR count). The van der Waals surface area contributed by atoms with Crippen molar-refractivity contribution in [3.05, 3.63) is 0 Å². The summed E-state index contributed by atoms with van der Waals surface area (Å²) in [5.74, 6) is 3.18. The highest BCUT2D eigenvalue weighted by Crippen LogP contribution is 2.49. The standard InChI is InChI=1S/C31H53F3/c1-3-5-21-8-14-25(15-9-21)27-18-19-28(31(34)30(27)33)26-16-10-22(11-17-26)6-7-23-12-13-24(4-2)29(32)20-23/h21-31H,3-20H2,1-2H3. The molecule has 0 saturated heterocycles. The lowest BCUT2D eigenvalue weighted by atomic mass is 9.63. The van der Waals surface area contributed by atoms with Crippen LogP contribution in [-0.4, -0.2) is 18.5 Å². The molecule has 4 aliphatic carbocycles. The van der Waals surface area contributed by atoms with Crippen LogP contribution in [0.2, 0.25) is 0 Å². The predicted octanol–water partition coefficient (Wildman–Crippen LogP) is 10.0. The van der Waals surface area contributed by atoms with Crippen molar-refractivity contribution in [3.8, 4) is 0 Å². The van der Waals surface area contributed by atoms with Gasteiger partial charge in [0.1, 0.15) is 18.5 Å². The minimum absolute atomic E-state index is 0.0210. The number of alkyl halides is 3. The maximum absolute atomic E-state index is 15.4. The van der Waals surface area contributed by atoms with Gasteiger partial charge in [0, 0.05) is 0 Å². The van der Waals surface area contributed by atoms with E-state index >= 15 is 8.78 Å². The van der Waals surface area contributed by atoms with Crippen molar-refractivity contribution in [2.45, 2.75) is 148 Å². The topological polar surface area (TPSA) is 0 Å². The summed E-state index contributed by atoms with van der Waals surface area (Å²) >= 11 is 0. The van der Waals surface area contributed by atoms with Crippen LogP contribution in [0.15, 0.2) is 0 Å². The zero-order valence-corrected chi connectivity index (χ0v) is 22.2. The van der Waals surface area contributed by atoms with Gasteiger partial charge in [-0.2, -0.15) is 0 Å². The third-order valence-electron chi connectivity index (χ3n) is 11.2. The van der Waals surface area contributed by atoms with Crippen molar-refractivity contribution in [1.29, 1.82) is 0 Å². The van der Waals surface area contributed by atoms with Crippen LogP contribution in [0.5, 0.6) is 0 Å². The van der Waals surface area contributed by atoms with E-state index in [0.29, 0.717) is 23.7 Å². The molecule has 4 fully saturated rings. The number of rotatable bonds is 8. The molecule has 0 amide bonds. The lowest BCUT2D eigenvalue weighted by molar-refractivity contribution is -0.0372. The van der Waals surface area contributed by atoms with Crippen LogP contribution in [0.4, 0.5) is 13.2 Å². The van der Waals surface area contributed by atoms with Gasteiger partial charge in [0.15, 0.2) is 0 Å². The Morgan fingerprint density at radius 2 is 1.00 bits per heavy atom. The second-order valence-electron chi connectivity index (χ2n) is 13.1. The molecule has 0 aliphatic heterocycles. The monoisotopic (exact) mass is 482 g/mol. The summed E-state index contributed by atoms with van der Waals surface area (Å²) in [6.07, 6.45) is 17.0. The molecule has 4 aliphatic rings. The molecule has 0 bridgehead atoms. The zero-order chi connectivity index (χ0) is 24.1. The first-order valence-corrected chi connectivity index (χ1v) is 15.4. The van der Waals surface area contributed by atoms with Gasteiger partial charge in [-0.3, -0.25) is 0 Å². The molecular formula is C31H53F3. The van der Waals surface area contributed by atoms with Crippen LogP contribution in [-0.2, 0) is 0 Å². The molecule has 0 radical (unpaired) electrons. The Hall–Kier alpha value is -0.210. The van der Waals surface area contributed by atoms with Crippen LogP contribution in [0, 0.1) is 47.3 Å². The molecule has 0 aromatic rings. The molecule has 0 nitrogen and oxygen atoms in total. The van der Waals surface area contributed by atoms with Crippen molar-refractivity contribution in [2.24, 2.45) is 47.3 Å². The van der Waals surface area contributed by atoms with E-state index in [2.05, 4.69) is 13.8 Å². The summed E-state index contributed by atoms with van der Waals surface area (Å²) in [6.45, 7) is 4.37.